The summed E-state index contributed by atoms with van der Waals surface area (Å²) in [4.78, 5) is 35.5. The normalized spacial score (nSPS) is 14.7. The standard InChI is InChI=1S/C15H16N4O3/c16-9-11-3-1-2-4-12(11)18-14(21)15(22)19-13(20)10-5-7-17-8-6-10/h1-4,10,17H,5-8H2,(H,18,21)(H,19,20,22). The molecule has 0 radical (unpaired) electrons. The highest BCUT2D eigenvalue weighted by Gasteiger charge is 2.25. The Balaban J connectivity index is 1.93. The molecule has 1 saturated heterocycles. The number of carbonyl (C=O) groups excluding carboxylic acids is 3. The van der Waals surface area contributed by atoms with Gasteiger partial charge in [0, 0.05) is 5.92 Å². The molecule has 1 aromatic rings. The van der Waals surface area contributed by atoms with Crippen LogP contribution in [0.5, 0.6) is 0 Å². The van der Waals surface area contributed by atoms with Crippen molar-refractivity contribution in [2.45, 2.75) is 12.8 Å². The van der Waals surface area contributed by atoms with Crippen LogP contribution in [0.3, 0.4) is 0 Å². The lowest BCUT2D eigenvalue weighted by molar-refractivity contribution is -0.141. The Morgan fingerprint density at radius 2 is 1.82 bits per heavy atom. The van der Waals surface area contributed by atoms with E-state index in [0.29, 0.717) is 25.9 Å². The Labute approximate surface area is 127 Å². The van der Waals surface area contributed by atoms with Gasteiger partial charge < -0.3 is 10.6 Å². The predicted octanol–water partition coefficient (Wildman–Crippen LogP) is 0.139. The molecule has 1 aromatic carbocycles. The monoisotopic (exact) mass is 300 g/mol. The number of piperidine rings is 1. The van der Waals surface area contributed by atoms with Gasteiger partial charge in [0.15, 0.2) is 0 Å². The van der Waals surface area contributed by atoms with Crippen LogP contribution in [0, 0.1) is 17.2 Å². The first-order valence-corrected chi connectivity index (χ1v) is 6.98. The van der Waals surface area contributed by atoms with Gasteiger partial charge in [-0.1, -0.05) is 12.1 Å². The largest absolute Gasteiger partial charge is 0.317 e. The molecule has 0 bridgehead atoms. The minimum absolute atomic E-state index is 0.236. The summed E-state index contributed by atoms with van der Waals surface area (Å²) in [6, 6.07) is 8.23. The number of hydrogen-bond acceptors (Lipinski definition) is 5. The van der Waals surface area contributed by atoms with Gasteiger partial charge >= 0.3 is 11.8 Å². The molecule has 2 rings (SSSR count). The Morgan fingerprint density at radius 1 is 1.14 bits per heavy atom. The number of amides is 3. The molecule has 114 valence electrons. The first-order chi connectivity index (χ1) is 10.6. The van der Waals surface area contributed by atoms with Crippen molar-refractivity contribution in [2.24, 2.45) is 5.92 Å². The lowest BCUT2D eigenvalue weighted by atomic mass is 9.97. The molecule has 22 heavy (non-hydrogen) atoms. The molecule has 7 nitrogen and oxygen atoms in total. The average molecular weight is 300 g/mol. The number of anilines is 1. The van der Waals surface area contributed by atoms with Crippen LogP contribution in [0.25, 0.3) is 0 Å². The highest BCUT2D eigenvalue weighted by atomic mass is 16.2. The minimum atomic E-state index is -1.02. The van der Waals surface area contributed by atoms with Crippen LogP contribution in [0.2, 0.25) is 0 Å². The molecule has 0 spiro atoms. The van der Waals surface area contributed by atoms with Gasteiger partial charge in [0.05, 0.1) is 11.3 Å². The fraction of sp³-hybridized carbons (Fsp3) is 0.333. The van der Waals surface area contributed by atoms with Crippen LogP contribution in [-0.4, -0.2) is 30.8 Å². The fourth-order valence-corrected chi connectivity index (χ4v) is 2.22. The Hall–Kier alpha value is -2.72. The lowest BCUT2D eigenvalue weighted by Gasteiger charge is -2.21. The highest BCUT2D eigenvalue weighted by molar-refractivity contribution is 6.42. The van der Waals surface area contributed by atoms with Crippen LogP contribution in [0.15, 0.2) is 24.3 Å². The van der Waals surface area contributed by atoms with Crippen molar-refractivity contribution in [1.82, 2.24) is 10.6 Å². The van der Waals surface area contributed by atoms with Crippen molar-refractivity contribution >= 4 is 23.4 Å². The Morgan fingerprint density at radius 3 is 2.50 bits per heavy atom. The SMILES string of the molecule is N#Cc1ccccc1NC(=O)C(=O)NC(=O)C1CCNCC1. The first-order valence-electron chi connectivity index (χ1n) is 6.98. The molecule has 0 aliphatic carbocycles. The zero-order valence-electron chi connectivity index (χ0n) is 11.9. The number of hydrogen-bond donors (Lipinski definition) is 3. The number of rotatable bonds is 2. The molecule has 1 fully saturated rings. The van der Waals surface area contributed by atoms with E-state index < -0.39 is 17.7 Å². The number of benzene rings is 1. The second-order valence-corrected chi connectivity index (χ2v) is 4.95. The Bertz CT molecular complexity index is 630. The van der Waals surface area contributed by atoms with E-state index in [9.17, 15) is 14.4 Å². The predicted molar refractivity (Wildman–Crippen MR) is 78.5 cm³/mol. The molecular formula is C15H16N4O3. The van der Waals surface area contributed by atoms with Gasteiger partial charge in [-0.2, -0.15) is 5.26 Å². The van der Waals surface area contributed by atoms with Gasteiger partial charge in [0.1, 0.15) is 6.07 Å². The summed E-state index contributed by atoms with van der Waals surface area (Å²) in [5.41, 5.74) is 0.479. The van der Waals surface area contributed by atoms with Gasteiger partial charge in [0.25, 0.3) is 0 Å². The van der Waals surface area contributed by atoms with Gasteiger partial charge in [-0.05, 0) is 38.1 Å². The van der Waals surface area contributed by atoms with Crippen LogP contribution in [-0.2, 0) is 14.4 Å². The molecule has 1 heterocycles. The summed E-state index contributed by atoms with van der Waals surface area (Å²) in [6.07, 6.45) is 1.27. The van der Waals surface area contributed by atoms with Crippen LogP contribution in [0.1, 0.15) is 18.4 Å². The molecule has 3 N–H and O–H groups in total. The third kappa shape index (κ3) is 3.90. The maximum Gasteiger partial charge on any atom is 0.316 e. The molecule has 3 amide bonds. The van der Waals surface area contributed by atoms with Crippen molar-refractivity contribution in [1.29, 1.82) is 5.26 Å². The van der Waals surface area contributed by atoms with Crippen molar-refractivity contribution in [3.63, 3.8) is 0 Å². The smallest absolute Gasteiger partial charge is 0.316 e. The minimum Gasteiger partial charge on any atom is -0.317 e. The van der Waals surface area contributed by atoms with Crippen molar-refractivity contribution in [3.8, 4) is 6.07 Å². The number of nitrogens with one attached hydrogen (secondary N) is 3. The summed E-state index contributed by atoms with van der Waals surface area (Å²) in [5, 5.41) is 16.5. The zero-order valence-corrected chi connectivity index (χ0v) is 11.9. The topological polar surface area (TPSA) is 111 Å². The van der Waals surface area contributed by atoms with Gasteiger partial charge in [-0.15, -0.1) is 0 Å². The molecule has 7 heteroatoms. The molecule has 0 unspecified atom stereocenters. The van der Waals surface area contributed by atoms with E-state index in [4.69, 9.17) is 5.26 Å². The van der Waals surface area contributed by atoms with Crippen molar-refractivity contribution in [2.75, 3.05) is 18.4 Å². The number of carbonyl (C=O) groups is 3. The second kappa shape index (κ2) is 7.33. The summed E-state index contributed by atoms with van der Waals surface area (Å²) >= 11 is 0. The lowest BCUT2D eigenvalue weighted by Crippen LogP contribution is -2.44. The van der Waals surface area contributed by atoms with Crippen LogP contribution >= 0.6 is 0 Å². The number of nitriles is 1. The van der Waals surface area contributed by atoms with E-state index >= 15 is 0 Å². The fourth-order valence-electron chi connectivity index (χ4n) is 2.22. The van der Waals surface area contributed by atoms with E-state index in [2.05, 4.69) is 16.0 Å². The third-order valence-corrected chi connectivity index (χ3v) is 3.45. The summed E-state index contributed by atoms with van der Waals surface area (Å²) < 4.78 is 0. The van der Waals surface area contributed by atoms with Crippen LogP contribution < -0.4 is 16.0 Å². The van der Waals surface area contributed by atoms with E-state index in [1.807, 2.05) is 6.07 Å². The number of nitrogens with zero attached hydrogens (tertiary/aromatic N) is 1. The first kappa shape index (κ1) is 15.7. The molecule has 1 aliphatic rings. The number of imide groups is 1. The second-order valence-electron chi connectivity index (χ2n) is 4.95. The molecular weight excluding hydrogens is 284 g/mol. The maximum absolute atomic E-state index is 11.9. The molecule has 0 saturated carbocycles. The van der Waals surface area contributed by atoms with Crippen molar-refractivity contribution < 1.29 is 14.4 Å². The van der Waals surface area contributed by atoms with Crippen LogP contribution in [0.4, 0.5) is 5.69 Å². The van der Waals surface area contributed by atoms with Crippen molar-refractivity contribution in [3.05, 3.63) is 29.8 Å². The highest BCUT2D eigenvalue weighted by Crippen LogP contribution is 2.14. The maximum atomic E-state index is 11.9. The van der Waals surface area contributed by atoms with E-state index in [1.165, 1.54) is 12.1 Å². The summed E-state index contributed by atoms with van der Waals surface area (Å²) in [7, 11) is 0. The third-order valence-electron chi connectivity index (χ3n) is 3.45. The number of para-hydroxylation sites is 1. The van der Waals surface area contributed by atoms with E-state index in [1.54, 1.807) is 12.1 Å². The quantitative estimate of drug-likeness (QED) is 0.673. The van der Waals surface area contributed by atoms with Gasteiger partial charge in [-0.3, -0.25) is 19.7 Å². The zero-order chi connectivity index (χ0) is 15.9. The van der Waals surface area contributed by atoms with Gasteiger partial charge in [-0.25, -0.2) is 0 Å². The van der Waals surface area contributed by atoms with E-state index in [0.717, 1.165) is 0 Å². The molecule has 1 aliphatic heterocycles. The molecule has 0 aromatic heterocycles. The molecule has 0 atom stereocenters. The summed E-state index contributed by atoms with van der Waals surface area (Å²) in [6.45, 7) is 1.43. The Kier molecular flexibility index (Phi) is 5.22. The van der Waals surface area contributed by atoms with Gasteiger partial charge in [0.2, 0.25) is 5.91 Å². The van der Waals surface area contributed by atoms with E-state index in [-0.39, 0.29) is 17.2 Å². The summed E-state index contributed by atoms with van der Waals surface area (Å²) in [5.74, 6) is -2.68. The average Bonchev–Trinajstić information content (AvgIpc) is 2.56.